The first kappa shape index (κ1) is 70.2. The maximum absolute atomic E-state index is 13.5. The minimum absolute atomic E-state index is 0.0331. The van der Waals surface area contributed by atoms with Crippen molar-refractivity contribution in [1.82, 2.24) is 5.32 Å². The molecule has 0 rings (SSSR count). The van der Waals surface area contributed by atoms with Crippen LogP contribution in [0.2, 0.25) is 0 Å². The number of quaternary nitrogens is 1. The van der Waals surface area contributed by atoms with E-state index in [1.807, 2.05) is 33.3 Å². The molecule has 0 fully saturated rings. The zero-order valence-corrected chi connectivity index (χ0v) is 49.0. The third kappa shape index (κ3) is 53.8. The smallest absolute Gasteiger partial charge is 0.306 e. The van der Waals surface area contributed by atoms with Crippen LogP contribution in [0.25, 0.3) is 0 Å². The number of ether oxygens (including phenoxy) is 1. The van der Waals surface area contributed by atoms with Gasteiger partial charge >= 0.3 is 5.97 Å². The standard InChI is InChI=1S/C63H113N2O7P/c1-7-10-13-16-19-22-25-27-29-31-32-34-35-37-40-43-46-49-52-55-62(66)64-60(59-71-73(68,69)70-58-57-65(4,5)6)61(54-51-48-45-42-39-24-21-18-15-12-9-3)72-63(67)56-53-50-47-44-41-38-36-33-30-28-26-23-20-17-14-11-8-2/h10,13,19,22,27-30,32,34,37,40,51,54,60-61H,7-9,11-12,14-18,20-21,23-26,31,33,35-36,38-39,41-50,52-53,55-59H2,1-6H3,(H-,64,66,68,69)/b13-10-,22-19-,29-27-,30-28+,34-32-,40-37-,54-51+. The van der Waals surface area contributed by atoms with Crippen LogP contribution in [0, 0.1) is 0 Å². The van der Waals surface area contributed by atoms with E-state index in [2.05, 4.69) is 99.0 Å². The zero-order valence-electron chi connectivity index (χ0n) is 48.1. The van der Waals surface area contributed by atoms with Crippen molar-refractivity contribution in [3.8, 4) is 0 Å². The molecule has 9 nitrogen and oxygen atoms in total. The molecule has 0 aliphatic heterocycles. The van der Waals surface area contributed by atoms with Gasteiger partial charge in [0.25, 0.3) is 7.82 Å². The van der Waals surface area contributed by atoms with Gasteiger partial charge in [0.15, 0.2) is 0 Å². The first-order valence-corrected chi connectivity index (χ1v) is 31.4. The molecule has 0 bridgehead atoms. The van der Waals surface area contributed by atoms with Gasteiger partial charge in [-0.05, 0) is 102 Å². The van der Waals surface area contributed by atoms with Crippen molar-refractivity contribution in [2.45, 2.75) is 264 Å². The molecule has 0 aromatic rings. The van der Waals surface area contributed by atoms with E-state index in [0.29, 0.717) is 17.4 Å². The fraction of sp³-hybridized carbons (Fsp3) is 0.746. The fourth-order valence-electron chi connectivity index (χ4n) is 8.19. The average molecular weight is 1040 g/mol. The SMILES string of the molecule is CC/C=C\C/C=C\C/C=C\C/C=C\C/C=C\CCCCCC(=O)NC(COP(=O)([O-])OCC[N+](C)(C)C)C(/C=C/CCCCCCCCCCC)OC(=O)CCCCCCCCC/C=C/CCCCCCCC. The molecule has 422 valence electrons. The van der Waals surface area contributed by atoms with Crippen LogP contribution in [-0.2, 0) is 27.9 Å². The molecule has 0 heterocycles. The van der Waals surface area contributed by atoms with Crippen LogP contribution in [0.4, 0.5) is 0 Å². The highest BCUT2D eigenvalue weighted by Crippen LogP contribution is 2.38. The summed E-state index contributed by atoms with van der Waals surface area (Å²) < 4.78 is 30.2. The van der Waals surface area contributed by atoms with Gasteiger partial charge in [-0.15, -0.1) is 0 Å². The van der Waals surface area contributed by atoms with E-state index in [1.165, 1.54) is 109 Å². The monoisotopic (exact) mass is 1040 g/mol. The topological polar surface area (TPSA) is 114 Å². The number of hydrogen-bond acceptors (Lipinski definition) is 7. The molecule has 0 aliphatic rings. The largest absolute Gasteiger partial charge is 0.756 e. The molecule has 10 heteroatoms. The molecular weight excluding hydrogens is 928 g/mol. The second-order valence-corrected chi connectivity index (χ2v) is 22.5. The number of rotatable bonds is 53. The molecule has 0 aromatic heterocycles. The van der Waals surface area contributed by atoms with Gasteiger partial charge in [-0.2, -0.15) is 0 Å². The van der Waals surface area contributed by atoms with Gasteiger partial charge < -0.3 is 28.5 Å². The first-order valence-electron chi connectivity index (χ1n) is 29.9. The molecule has 0 aromatic carbocycles. The lowest BCUT2D eigenvalue weighted by molar-refractivity contribution is -0.870. The van der Waals surface area contributed by atoms with Crippen LogP contribution >= 0.6 is 7.82 Å². The second-order valence-electron chi connectivity index (χ2n) is 21.1. The summed E-state index contributed by atoms with van der Waals surface area (Å²) >= 11 is 0. The van der Waals surface area contributed by atoms with E-state index in [9.17, 15) is 19.0 Å². The Morgan fingerprint density at radius 2 is 0.877 bits per heavy atom. The summed E-state index contributed by atoms with van der Waals surface area (Å²) in [5, 5.41) is 3.00. The normalized spacial score (nSPS) is 14.3. The summed E-state index contributed by atoms with van der Waals surface area (Å²) in [4.78, 5) is 39.9. The van der Waals surface area contributed by atoms with Crippen molar-refractivity contribution in [3.63, 3.8) is 0 Å². The molecule has 3 unspecified atom stereocenters. The van der Waals surface area contributed by atoms with Gasteiger partial charge in [0.05, 0.1) is 33.8 Å². The highest BCUT2D eigenvalue weighted by Gasteiger charge is 2.27. The van der Waals surface area contributed by atoms with Crippen molar-refractivity contribution >= 4 is 19.7 Å². The van der Waals surface area contributed by atoms with Crippen molar-refractivity contribution in [2.75, 3.05) is 40.9 Å². The van der Waals surface area contributed by atoms with Crippen molar-refractivity contribution in [3.05, 3.63) is 85.1 Å². The summed E-state index contributed by atoms with van der Waals surface area (Å²) in [6, 6.07) is -0.910. The summed E-state index contributed by atoms with van der Waals surface area (Å²) in [5.74, 6) is -0.586. The molecule has 0 saturated heterocycles. The number of nitrogens with one attached hydrogen (secondary N) is 1. The summed E-state index contributed by atoms with van der Waals surface area (Å²) in [6.07, 6.45) is 68.3. The maximum Gasteiger partial charge on any atom is 0.306 e. The molecule has 0 aliphatic carbocycles. The first-order chi connectivity index (χ1) is 35.4. The number of allylic oxidation sites excluding steroid dienone is 13. The number of carbonyl (C=O) groups is 2. The maximum atomic E-state index is 13.5. The Balaban J connectivity index is 5.34. The number of nitrogens with zero attached hydrogens (tertiary/aromatic N) is 1. The van der Waals surface area contributed by atoms with Crippen molar-refractivity contribution in [2.24, 2.45) is 0 Å². The lowest BCUT2D eigenvalue weighted by Gasteiger charge is -2.30. The molecule has 1 amide bonds. The number of phosphoric ester groups is 1. The Morgan fingerprint density at radius 1 is 0.493 bits per heavy atom. The van der Waals surface area contributed by atoms with Crippen LogP contribution < -0.4 is 10.2 Å². The molecule has 0 saturated carbocycles. The van der Waals surface area contributed by atoms with Gasteiger partial charge in [-0.1, -0.05) is 222 Å². The number of amides is 1. The Morgan fingerprint density at radius 3 is 1.34 bits per heavy atom. The molecule has 73 heavy (non-hydrogen) atoms. The van der Waals surface area contributed by atoms with E-state index in [1.54, 1.807) is 0 Å². The Labute approximate surface area is 450 Å². The van der Waals surface area contributed by atoms with Crippen molar-refractivity contribution < 1.29 is 37.3 Å². The van der Waals surface area contributed by atoms with E-state index >= 15 is 0 Å². The van der Waals surface area contributed by atoms with Crippen LogP contribution in [0.15, 0.2) is 85.1 Å². The third-order valence-corrected chi connectivity index (χ3v) is 13.8. The molecular formula is C63H113N2O7P. The summed E-state index contributed by atoms with van der Waals surface area (Å²) in [6.45, 7) is 6.68. The predicted molar refractivity (Wildman–Crippen MR) is 311 cm³/mol. The molecule has 0 spiro atoms. The number of likely N-dealkylation sites (N-methyl/N-ethyl adjacent to an activating group) is 1. The Bertz CT molecular complexity index is 1530. The lowest BCUT2D eigenvalue weighted by Crippen LogP contribution is -2.47. The van der Waals surface area contributed by atoms with Gasteiger partial charge in [0, 0.05) is 12.8 Å². The van der Waals surface area contributed by atoms with E-state index < -0.39 is 26.6 Å². The zero-order chi connectivity index (χ0) is 53.6. The number of hydrogen-bond donors (Lipinski definition) is 1. The van der Waals surface area contributed by atoms with Gasteiger partial charge in [-0.3, -0.25) is 14.2 Å². The molecule has 1 N–H and O–H groups in total. The Kier molecular flexibility index (Phi) is 50.6. The highest BCUT2D eigenvalue weighted by atomic mass is 31.2. The predicted octanol–water partition coefficient (Wildman–Crippen LogP) is 17.6. The van der Waals surface area contributed by atoms with Crippen LogP contribution in [0.5, 0.6) is 0 Å². The number of phosphoric acid groups is 1. The van der Waals surface area contributed by atoms with Gasteiger partial charge in [0.2, 0.25) is 5.91 Å². The minimum atomic E-state index is -4.71. The summed E-state index contributed by atoms with van der Waals surface area (Å²) in [7, 11) is 1.15. The lowest BCUT2D eigenvalue weighted by atomic mass is 10.1. The fourth-order valence-corrected chi connectivity index (χ4v) is 8.91. The van der Waals surface area contributed by atoms with Gasteiger partial charge in [0.1, 0.15) is 19.3 Å². The van der Waals surface area contributed by atoms with E-state index in [0.717, 1.165) is 103 Å². The van der Waals surface area contributed by atoms with Crippen LogP contribution in [-0.4, -0.2) is 69.4 Å². The Hall–Kier alpha value is -2.81. The average Bonchev–Trinajstić information content (AvgIpc) is 3.35. The molecule has 3 atom stereocenters. The van der Waals surface area contributed by atoms with Crippen LogP contribution in [0.3, 0.4) is 0 Å². The summed E-state index contributed by atoms with van der Waals surface area (Å²) in [5.41, 5.74) is 0. The van der Waals surface area contributed by atoms with Crippen LogP contribution in [0.1, 0.15) is 252 Å². The second kappa shape index (κ2) is 52.6. The molecule has 0 radical (unpaired) electrons. The quantitative estimate of drug-likeness (QED) is 0.0212. The number of esters is 1. The third-order valence-electron chi connectivity index (χ3n) is 12.8. The van der Waals surface area contributed by atoms with E-state index in [4.69, 9.17) is 13.8 Å². The van der Waals surface area contributed by atoms with E-state index in [-0.39, 0.29) is 31.3 Å². The number of unbranched alkanes of at least 4 members (excludes halogenated alkanes) is 25. The minimum Gasteiger partial charge on any atom is -0.756 e. The highest BCUT2D eigenvalue weighted by molar-refractivity contribution is 7.45. The number of carbonyl (C=O) groups excluding carboxylic acids is 2. The van der Waals surface area contributed by atoms with Crippen molar-refractivity contribution in [1.29, 1.82) is 0 Å². The van der Waals surface area contributed by atoms with Gasteiger partial charge in [-0.25, -0.2) is 0 Å².